The lowest BCUT2D eigenvalue weighted by atomic mass is 10.1. The molecule has 2 aromatic carbocycles. The fourth-order valence-electron chi connectivity index (χ4n) is 2.21. The Kier molecular flexibility index (Phi) is 5.51. The fraction of sp³-hybridized carbons (Fsp3) is 0.167. The first-order chi connectivity index (χ1) is 11.4. The van der Waals surface area contributed by atoms with Crippen LogP contribution in [0.5, 0.6) is 11.5 Å². The molecule has 24 heavy (non-hydrogen) atoms. The maximum atomic E-state index is 12.6. The molecule has 0 atom stereocenters. The second kappa shape index (κ2) is 7.57. The molecule has 0 bridgehead atoms. The molecule has 0 saturated heterocycles. The molecule has 0 fully saturated rings. The minimum Gasteiger partial charge on any atom is -0.455 e. The van der Waals surface area contributed by atoms with Crippen molar-refractivity contribution in [2.75, 3.05) is 19.8 Å². The number of anilines is 1. The van der Waals surface area contributed by atoms with Gasteiger partial charge in [0.1, 0.15) is 11.5 Å². The quantitative estimate of drug-likeness (QED) is 0.626. The van der Waals surface area contributed by atoms with Crippen molar-refractivity contribution < 1.29 is 13.5 Å². The lowest BCUT2D eigenvalue weighted by Gasteiger charge is -2.16. The molecule has 6 heteroatoms. The van der Waals surface area contributed by atoms with Crippen molar-refractivity contribution in [3.63, 3.8) is 0 Å². The maximum Gasteiger partial charge on any atom is 0.269 e. The van der Waals surface area contributed by atoms with Gasteiger partial charge in [0.15, 0.2) is 5.69 Å². The Morgan fingerprint density at radius 2 is 1.96 bits per heavy atom. The van der Waals surface area contributed by atoms with Crippen LogP contribution in [0.3, 0.4) is 0 Å². The average molecular weight is 329 g/mol. The maximum absolute atomic E-state index is 12.6. The summed E-state index contributed by atoms with van der Waals surface area (Å²) in [4.78, 5) is 5.21. The predicted octanol–water partition coefficient (Wildman–Crippen LogP) is 4.91. The minimum absolute atomic E-state index is 0.0502. The first kappa shape index (κ1) is 17.4. The van der Waals surface area contributed by atoms with Crippen molar-refractivity contribution in [1.29, 1.82) is 0 Å². The van der Waals surface area contributed by atoms with Crippen LogP contribution in [-0.4, -0.2) is 19.0 Å². The molecule has 124 valence electrons. The van der Waals surface area contributed by atoms with E-state index in [0.29, 0.717) is 18.4 Å². The van der Waals surface area contributed by atoms with Gasteiger partial charge in [-0.2, -0.15) is 8.78 Å². The number of hydrogen-bond donors (Lipinski definition) is 1. The third kappa shape index (κ3) is 4.31. The Hall–Kier alpha value is -2.91. The minimum atomic E-state index is -1.89. The van der Waals surface area contributed by atoms with Gasteiger partial charge in [-0.05, 0) is 37.9 Å². The van der Waals surface area contributed by atoms with Gasteiger partial charge in [0, 0.05) is 18.2 Å². The van der Waals surface area contributed by atoms with E-state index in [0.717, 1.165) is 5.56 Å². The van der Waals surface area contributed by atoms with Crippen LogP contribution in [0.2, 0.25) is 0 Å². The summed E-state index contributed by atoms with van der Waals surface area (Å²) in [5.41, 5.74) is 7.18. The smallest absolute Gasteiger partial charge is 0.269 e. The van der Waals surface area contributed by atoms with Crippen LogP contribution in [0.1, 0.15) is 11.1 Å². The second-order valence-electron chi connectivity index (χ2n) is 5.44. The molecule has 0 aromatic heterocycles. The first-order valence-corrected chi connectivity index (χ1v) is 7.15. The molecule has 0 aliphatic carbocycles. The molecule has 0 aliphatic rings. The zero-order valence-corrected chi connectivity index (χ0v) is 13.4. The highest BCUT2D eigenvalue weighted by atomic mass is 19.3. The Morgan fingerprint density at radius 1 is 1.25 bits per heavy atom. The highest BCUT2D eigenvalue weighted by Crippen LogP contribution is 2.36. The Morgan fingerprint density at radius 3 is 2.58 bits per heavy atom. The number of hydrogen-bond acceptors (Lipinski definition) is 3. The number of para-hydroxylation sites is 1. The molecule has 0 saturated carbocycles. The normalized spacial score (nSPS) is 10.3. The van der Waals surface area contributed by atoms with Crippen molar-refractivity contribution in [3.05, 3.63) is 65.0 Å². The molecule has 0 unspecified atom stereocenters. The van der Waals surface area contributed by atoms with E-state index in [9.17, 15) is 8.78 Å². The van der Waals surface area contributed by atoms with Gasteiger partial charge in [-0.25, -0.2) is 4.85 Å². The van der Waals surface area contributed by atoms with Crippen LogP contribution in [0.4, 0.5) is 20.2 Å². The number of benzene rings is 2. The van der Waals surface area contributed by atoms with E-state index >= 15 is 0 Å². The standard InChI is InChI=1S/C18H17F2N3O/c1-22-15-10-14(21)17(8-13(15)9-18(19)20)24-16-7-5-4-6-12(16)11-23(2)3/h4-10H,11,21H2,2-3H3. The molecular weight excluding hydrogens is 312 g/mol. The summed E-state index contributed by atoms with van der Waals surface area (Å²) in [6, 6.07) is 10.1. The number of rotatable bonds is 5. The zero-order valence-electron chi connectivity index (χ0n) is 13.4. The Balaban J connectivity index is 2.44. The van der Waals surface area contributed by atoms with Gasteiger partial charge in [-0.3, -0.25) is 0 Å². The van der Waals surface area contributed by atoms with Crippen LogP contribution < -0.4 is 10.5 Å². The summed E-state index contributed by atoms with van der Waals surface area (Å²) >= 11 is 0. The third-order valence-corrected chi connectivity index (χ3v) is 3.22. The van der Waals surface area contributed by atoms with E-state index in [4.69, 9.17) is 17.0 Å². The number of nitrogens with two attached hydrogens (primary N) is 1. The van der Waals surface area contributed by atoms with Crippen molar-refractivity contribution in [2.24, 2.45) is 0 Å². The third-order valence-electron chi connectivity index (χ3n) is 3.22. The molecule has 4 nitrogen and oxygen atoms in total. The number of halogens is 2. The van der Waals surface area contributed by atoms with Crippen LogP contribution in [0.15, 0.2) is 42.5 Å². The molecule has 0 spiro atoms. The molecular formula is C18H17F2N3O. The van der Waals surface area contributed by atoms with E-state index in [-0.39, 0.29) is 22.7 Å². The highest BCUT2D eigenvalue weighted by molar-refractivity contribution is 5.75. The lowest BCUT2D eigenvalue weighted by molar-refractivity contribution is 0.389. The molecule has 2 aromatic rings. The predicted molar refractivity (Wildman–Crippen MR) is 91.2 cm³/mol. The van der Waals surface area contributed by atoms with Crippen LogP contribution in [-0.2, 0) is 6.54 Å². The van der Waals surface area contributed by atoms with Gasteiger partial charge in [0.2, 0.25) is 0 Å². The van der Waals surface area contributed by atoms with Crippen LogP contribution in [0.25, 0.3) is 10.9 Å². The largest absolute Gasteiger partial charge is 0.455 e. The first-order valence-electron chi connectivity index (χ1n) is 7.15. The van der Waals surface area contributed by atoms with E-state index < -0.39 is 6.08 Å². The van der Waals surface area contributed by atoms with Gasteiger partial charge < -0.3 is 15.4 Å². The van der Waals surface area contributed by atoms with Gasteiger partial charge in [0.25, 0.3) is 6.08 Å². The fourth-order valence-corrected chi connectivity index (χ4v) is 2.21. The summed E-state index contributed by atoms with van der Waals surface area (Å²) in [5, 5.41) is 0. The van der Waals surface area contributed by atoms with E-state index in [1.54, 1.807) is 6.07 Å². The zero-order chi connectivity index (χ0) is 17.7. The van der Waals surface area contributed by atoms with Crippen molar-refractivity contribution in [1.82, 2.24) is 4.90 Å². The topological polar surface area (TPSA) is 42.9 Å². The van der Waals surface area contributed by atoms with Crippen molar-refractivity contribution >= 4 is 17.5 Å². The monoisotopic (exact) mass is 329 g/mol. The number of ether oxygens (including phenoxy) is 1. The summed E-state index contributed by atoms with van der Waals surface area (Å²) in [5.74, 6) is 0.824. The van der Waals surface area contributed by atoms with Gasteiger partial charge in [-0.1, -0.05) is 18.2 Å². The molecule has 0 amide bonds. The number of nitrogens with zero attached hydrogens (tertiary/aromatic N) is 2. The Labute approximate surface area is 139 Å². The Bertz CT molecular complexity index is 806. The van der Waals surface area contributed by atoms with E-state index in [1.807, 2.05) is 37.2 Å². The van der Waals surface area contributed by atoms with Gasteiger partial charge in [-0.15, -0.1) is 0 Å². The van der Waals surface area contributed by atoms with Crippen LogP contribution >= 0.6 is 0 Å². The second-order valence-corrected chi connectivity index (χ2v) is 5.44. The molecule has 0 heterocycles. The van der Waals surface area contributed by atoms with Crippen molar-refractivity contribution in [2.45, 2.75) is 6.54 Å². The summed E-state index contributed by atoms with van der Waals surface area (Å²) in [6.07, 6.45) is -1.26. The van der Waals surface area contributed by atoms with E-state index in [1.165, 1.54) is 12.1 Å². The van der Waals surface area contributed by atoms with E-state index in [2.05, 4.69) is 4.85 Å². The summed E-state index contributed by atoms with van der Waals surface area (Å²) in [6.45, 7) is 7.73. The van der Waals surface area contributed by atoms with Crippen molar-refractivity contribution in [3.8, 4) is 11.5 Å². The molecule has 2 N–H and O–H groups in total. The highest BCUT2D eigenvalue weighted by Gasteiger charge is 2.12. The molecule has 2 rings (SSSR count). The molecule has 0 aliphatic heterocycles. The lowest BCUT2D eigenvalue weighted by Crippen LogP contribution is -2.11. The van der Waals surface area contributed by atoms with Gasteiger partial charge >= 0.3 is 0 Å². The van der Waals surface area contributed by atoms with Gasteiger partial charge in [0.05, 0.1) is 12.3 Å². The SMILES string of the molecule is [C-]#[N+]c1cc(N)c(Oc2ccccc2CN(C)C)cc1C=C(F)F. The average Bonchev–Trinajstić information content (AvgIpc) is 2.51. The summed E-state index contributed by atoms with van der Waals surface area (Å²) < 4.78 is 31.0. The van der Waals surface area contributed by atoms with Crippen LogP contribution in [0, 0.1) is 6.57 Å². The number of nitrogen functional groups attached to an aromatic ring is 1. The molecule has 0 radical (unpaired) electrons. The summed E-state index contributed by atoms with van der Waals surface area (Å²) in [7, 11) is 3.87.